The minimum Gasteiger partial charge on any atom is -0.356 e. The van der Waals surface area contributed by atoms with Gasteiger partial charge in [0.15, 0.2) is 0 Å². The van der Waals surface area contributed by atoms with Crippen LogP contribution in [0.4, 0.5) is 0 Å². The zero-order valence-corrected chi connectivity index (χ0v) is 14.7. The molecule has 0 aromatic heterocycles. The highest BCUT2D eigenvalue weighted by Crippen LogP contribution is 2.13. The van der Waals surface area contributed by atoms with E-state index in [9.17, 15) is 4.79 Å². The average Bonchev–Trinajstić information content (AvgIpc) is 2.48. The highest BCUT2D eigenvalue weighted by molar-refractivity contribution is 5.46. The first-order valence-corrected chi connectivity index (χ1v) is 9.54. The fraction of sp³-hybridized carbons (Fsp3) is 0.947. The van der Waals surface area contributed by atoms with E-state index in [-0.39, 0.29) is 0 Å². The standard InChI is InChI=1S/C19H39NO/c1-3-5-6-7-8-9-10-11-12-13-14-15-17-19(16-4-2)20-18-21/h18-19H,3-17H2,1-2H3,(H,20,21). The van der Waals surface area contributed by atoms with E-state index in [0.29, 0.717) is 6.04 Å². The maximum absolute atomic E-state index is 10.5. The van der Waals surface area contributed by atoms with Crippen molar-refractivity contribution in [3.8, 4) is 0 Å². The van der Waals surface area contributed by atoms with Crippen LogP contribution < -0.4 is 5.32 Å². The van der Waals surface area contributed by atoms with Gasteiger partial charge < -0.3 is 5.32 Å². The number of carbonyl (C=O) groups excluding carboxylic acids is 1. The summed E-state index contributed by atoms with van der Waals surface area (Å²) in [6.07, 6.45) is 21.0. The van der Waals surface area contributed by atoms with Gasteiger partial charge in [0.25, 0.3) is 0 Å². The first kappa shape index (κ1) is 20.5. The van der Waals surface area contributed by atoms with E-state index in [4.69, 9.17) is 0 Å². The van der Waals surface area contributed by atoms with Crippen LogP contribution in [0, 0.1) is 0 Å². The first-order valence-electron chi connectivity index (χ1n) is 9.54. The molecule has 126 valence electrons. The Morgan fingerprint density at radius 3 is 1.57 bits per heavy atom. The number of carbonyl (C=O) groups is 1. The summed E-state index contributed by atoms with van der Waals surface area (Å²) in [5.41, 5.74) is 0. The lowest BCUT2D eigenvalue weighted by atomic mass is 10.0. The van der Waals surface area contributed by atoms with Gasteiger partial charge >= 0.3 is 0 Å². The molecule has 21 heavy (non-hydrogen) atoms. The molecular formula is C19H39NO. The van der Waals surface area contributed by atoms with Crippen molar-refractivity contribution in [2.75, 3.05) is 0 Å². The van der Waals surface area contributed by atoms with Gasteiger partial charge in [0, 0.05) is 6.04 Å². The Labute approximate surface area is 133 Å². The zero-order valence-electron chi connectivity index (χ0n) is 14.7. The van der Waals surface area contributed by atoms with E-state index in [1.54, 1.807) is 0 Å². The molecule has 0 aliphatic heterocycles. The van der Waals surface area contributed by atoms with Gasteiger partial charge in [-0.1, -0.05) is 97.3 Å². The summed E-state index contributed by atoms with van der Waals surface area (Å²) in [6, 6.07) is 0.413. The highest BCUT2D eigenvalue weighted by Gasteiger charge is 2.05. The summed E-state index contributed by atoms with van der Waals surface area (Å²) in [7, 11) is 0. The molecule has 1 N–H and O–H groups in total. The molecule has 1 amide bonds. The predicted octanol–water partition coefficient (Wildman–Crippen LogP) is 5.99. The van der Waals surface area contributed by atoms with E-state index in [1.165, 1.54) is 77.0 Å². The Kier molecular flexibility index (Phi) is 17.1. The maximum atomic E-state index is 10.5. The normalized spacial score (nSPS) is 12.3. The molecule has 0 fully saturated rings. The summed E-state index contributed by atoms with van der Waals surface area (Å²) < 4.78 is 0. The third-order valence-electron chi connectivity index (χ3n) is 4.35. The molecule has 0 aromatic rings. The smallest absolute Gasteiger partial charge is 0.207 e. The average molecular weight is 298 g/mol. The number of hydrogen-bond acceptors (Lipinski definition) is 1. The largest absolute Gasteiger partial charge is 0.356 e. The van der Waals surface area contributed by atoms with Crippen molar-refractivity contribution in [2.24, 2.45) is 0 Å². The monoisotopic (exact) mass is 297 g/mol. The van der Waals surface area contributed by atoms with Crippen molar-refractivity contribution >= 4 is 6.41 Å². The van der Waals surface area contributed by atoms with Gasteiger partial charge in [-0.2, -0.15) is 0 Å². The van der Waals surface area contributed by atoms with Crippen molar-refractivity contribution in [1.29, 1.82) is 0 Å². The molecule has 0 spiro atoms. The van der Waals surface area contributed by atoms with E-state index >= 15 is 0 Å². The summed E-state index contributed by atoms with van der Waals surface area (Å²) >= 11 is 0. The van der Waals surface area contributed by atoms with E-state index in [0.717, 1.165) is 25.7 Å². The second kappa shape index (κ2) is 17.5. The highest BCUT2D eigenvalue weighted by atomic mass is 16.1. The lowest BCUT2D eigenvalue weighted by Crippen LogP contribution is -2.27. The molecule has 0 aliphatic rings. The fourth-order valence-electron chi connectivity index (χ4n) is 2.99. The summed E-state index contributed by atoms with van der Waals surface area (Å²) in [5, 5.41) is 2.94. The van der Waals surface area contributed by atoms with E-state index in [1.807, 2.05) is 0 Å². The molecule has 0 saturated carbocycles. The van der Waals surface area contributed by atoms with Crippen LogP contribution in [0.5, 0.6) is 0 Å². The Hall–Kier alpha value is -0.530. The molecule has 0 aromatic carbocycles. The third-order valence-corrected chi connectivity index (χ3v) is 4.35. The summed E-state index contributed by atoms with van der Waals surface area (Å²) in [5.74, 6) is 0. The van der Waals surface area contributed by atoms with Crippen molar-refractivity contribution in [3.63, 3.8) is 0 Å². The molecule has 0 aliphatic carbocycles. The number of unbranched alkanes of at least 4 members (excludes halogenated alkanes) is 11. The second-order valence-electron chi connectivity index (χ2n) is 6.45. The SMILES string of the molecule is CCCCCCCCCCCCCCC(CCC)NC=O. The minimum atomic E-state index is 0.413. The van der Waals surface area contributed by atoms with Crippen LogP contribution in [-0.4, -0.2) is 12.5 Å². The Balaban J connectivity index is 3.19. The van der Waals surface area contributed by atoms with Gasteiger partial charge in [0.1, 0.15) is 0 Å². The molecule has 0 radical (unpaired) electrons. The molecule has 2 nitrogen and oxygen atoms in total. The van der Waals surface area contributed by atoms with Crippen LogP contribution in [0.15, 0.2) is 0 Å². The van der Waals surface area contributed by atoms with E-state index in [2.05, 4.69) is 19.2 Å². The summed E-state index contributed by atoms with van der Waals surface area (Å²) in [4.78, 5) is 10.5. The van der Waals surface area contributed by atoms with Crippen LogP contribution in [0.3, 0.4) is 0 Å². The third kappa shape index (κ3) is 15.7. The first-order chi connectivity index (χ1) is 10.3. The molecular weight excluding hydrogens is 258 g/mol. The number of nitrogens with one attached hydrogen (secondary N) is 1. The quantitative estimate of drug-likeness (QED) is 0.259. The Morgan fingerprint density at radius 2 is 1.14 bits per heavy atom. The van der Waals surface area contributed by atoms with Gasteiger partial charge in [-0.05, 0) is 12.8 Å². The van der Waals surface area contributed by atoms with Crippen molar-refractivity contribution < 1.29 is 4.79 Å². The second-order valence-corrected chi connectivity index (χ2v) is 6.45. The Morgan fingerprint density at radius 1 is 0.667 bits per heavy atom. The van der Waals surface area contributed by atoms with Crippen LogP contribution in [0.25, 0.3) is 0 Å². The van der Waals surface area contributed by atoms with Gasteiger partial charge in [-0.3, -0.25) is 4.79 Å². The van der Waals surface area contributed by atoms with Crippen LogP contribution in [-0.2, 0) is 4.79 Å². The number of rotatable bonds is 17. The van der Waals surface area contributed by atoms with Gasteiger partial charge in [-0.15, -0.1) is 0 Å². The molecule has 0 saturated heterocycles. The molecule has 1 atom stereocenters. The number of amides is 1. The molecule has 0 rings (SSSR count). The predicted molar refractivity (Wildman–Crippen MR) is 93.6 cm³/mol. The zero-order chi connectivity index (χ0) is 15.6. The topological polar surface area (TPSA) is 29.1 Å². The lowest BCUT2D eigenvalue weighted by molar-refractivity contribution is -0.110. The van der Waals surface area contributed by atoms with Crippen LogP contribution in [0.1, 0.15) is 110 Å². The lowest BCUT2D eigenvalue weighted by Gasteiger charge is -2.14. The van der Waals surface area contributed by atoms with Gasteiger partial charge in [0.05, 0.1) is 0 Å². The molecule has 2 heteroatoms. The van der Waals surface area contributed by atoms with Gasteiger partial charge in [0.2, 0.25) is 6.41 Å². The summed E-state index contributed by atoms with van der Waals surface area (Å²) in [6.45, 7) is 4.46. The van der Waals surface area contributed by atoms with Crippen LogP contribution in [0.2, 0.25) is 0 Å². The maximum Gasteiger partial charge on any atom is 0.207 e. The van der Waals surface area contributed by atoms with Crippen molar-refractivity contribution in [3.05, 3.63) is 0 Å². The van der Waals surface area contributed by atoms with Gasteiger partial charge in [-0.25, -0.2) is 0 Å². The molecule has 1 unspecified atom stereocenters. The fourth-order valence-corrected chi connectivity index (χ4v) is 2.99. The minimum absolute atomic E-state index is 0.413. The molecule has 0 heterocycles. The van der Waals surface area contributed by atoms with Crippen molar-refractivity contribution in [2.45, 2.75) is 116 Å². The Bertz CT molecular complexity index is 206. The van der Waals surface area contributed by atoms with E-state index < -0.39 is 0 Å². The number of hydrogen-bond donors (Lipinski definition) is 1. The molecule has 0 bridgehead atoms. The van der Waals surface area contributed by atoms with Crippen molar-refractivity contribution in [1.82, 2.24) is 5.32 Å². The van der Waals surface area contributed by atoms with Crippen LogP contribution >= 0.6 is 0 Å².